The first-order valence-corrected chi connectivity index (χ1v) is 6.44. The van der Waals surface area contributed by atoms with Crippen molar-refractivity contribution in [2.24, 2.45) is 0 Å². The van der Waals surface area contributed by atoms with Crippen LogP contribution in [-0.2, 0) is 6.18 Å². The molecule has 0 fully saturated rings. The molecule has 0 spiro atoms. The molecule has 0 saturated heterocycles. The lowest BCUT2D eigenvalue weighted by Gasteiger charge is -2.13. The molecule has 6 heteroatoms. The van der Waals surface area contributed by atoms with Crippen LogP contribution in [0.15, 0.2) is 41.2 Å². The van der Waals surface area contributed by atoms with E-state index in [2.05, 4.69) is 0 Å². The highest BCUT2D eigenvalue weighted by Gasteiger charge is 2.30. The summed E-state index contributed by atoms with van der Waals surface area (Å²) in [6.07, 6.45) is -4.42. The molecule has 2 nitrogen and oxygen atoms in total. The lowest BCUT2D eigenvalue weighted by atomic mass is 10.2. The average Bonchev–Trinajstić information content (AvgIpc) is 2.34. The molecular formula is C13H9F3INO. The number of aryl methyl sites for hydroxylation is 1. The Morgan fingerprint density at radius 2 is 1.84 bits per heavy atom. The van der Waals surface area contributed by atoms with Gasteiger partial charge in [-0.25, -0.2) is 0 Å². The molecule has 2 rings (SSSR count). The van der Waals surface area contributed by atoms with Crippen molar-refractivity contribution in [1.29, 1.82) is 0 Å². The van der Waals surface area contributed by atoms with Gasteiger partial charge in [0.1, 0.15) is 0 Å². The van der Waals surface area contributed by atoms with Crippen LogP contribution >= 0.6 is 22.6 Å². The van der Waals surface area contributed by atoms with E-state index < -0.39 is 11.7 Å². The van der Waals surface area contributed by atoms with E-state index in [0.29, 0.717) is 9.26 Å². The number of benzene rings is 1. The van der Waals surface area contributed by atoms with E-state index in [1.54, 1.807) is 19.1 Å². The minimum Gasteiger partial charge on any atom is -0.281 e. The number of rotatable bonds is 1. The number of hydrogen-bond acceptors (Lipinski definition) is 1. The highest BCUT2D eigenvalue weighted by atomic mass is 127. The standard InChI is InChI=1S/C13H9F3INO/c1-8-5-6-11(17)12(19)18(8)10-4-2-3-9(7-10)13(14,15)16/h2-7H,1H3. The molecule has 0 aliphatic rings. The van der Waals surface area contributed by atoms with Gasteiger partial charge in [0, 0.05) is 11.4 Å². The normalized spacial score (nSPS) is 11.6. The SMILES string of the molecule is Cc1ccc(I)c(=O)n1-c1cccc(C(F)(F)F)c1. The molecule has 1 aromatic carbocycles. The summed E-state index contributed by atoms with van der Waals surface area (Å²) in [5, 5.41) is 0. The summed E-state index contributed by atoms with van der Waals surface area (Å²) < 4.78 is 39.8. The van der Waals surface area contributed by atoms with Gasteiger partial charge in [-0.2, -0.15) is 13.2 Å². The van der Waals surface area contributed by atoms with Crippen molar-refractivity contribution in [3.05, 3.63) is 61.6 Å². The zero-order chi connectivity index (χ0) is 14.2. The molecule has 0 saturated carbocycles. The number of aromatic nitrogens is 1. The molecule has 2 aromatic rings. The van der Waals surface area contributed by atoms with E-state index in [4.69, 9.17) is 0 Å². The van der Waals surface area contributed by atoms with Crippen LogP contribution in [-0.4, -0.2) is 4.57 Å². The molecule has 0 amide bonds. The fourth-order valence-corrected chi connectivity index (χ4v) is 2.17. The smallest absolute Gasteiger partial charge is 0.281 e. The minimum atomic E-state index is -4.42. The Balaban J connectivity index is 2.67. The molecule has 0 aliphatic carbocycles. The van der Waals surface area contributed by atoms with Gasteiger partial charge < -0.3 is 0 Å². The molecule has 0 aliphatic heterocycles. The third-order valence-corrected chi connectivity index (χ3v) is 3.48. The Morgan fingerprint density at radius 1 is 1.16 bits per heavy atom. The maximum absolute atomic E-state index is 12.7. The largest absolute Gasteiger partial charge is 0.416 e. The summed E-state index contributed by atoms with van der Waals surface area (Å²) in [6, 6.07) is 8.08. The predicted molar refractivity (Wildman–Crippen MR) is 74.5 cm³/mol. The zero-order valence-corrected chi connectivity index (χ0v) is 12.0. The average molecular weight is 379 g/mol. The number of pyridine rings is 1. The van der Waals surface area contributed by atoms with E-state index in [9.17, 15) is 18.0 Å². The summed E-state index contributed by atoms with van der Waals surface area (Å²) in [4.78, 5) is 12.0. The molecule has 0 radical (unpaired) electrons. The number of nitrogens with zero attached hydrogens (tertiary/aromatic N) is 1. The third kappa shape index (κ3) is 2.83. The van der Waals surface area contributed by atoms with Gasteiger partial charge in [0.2, 0.25) is 0 Å². The van der Waals surface area contributed by atoms with Crippen molar-refractivity contribution < 1.29 is 13.2 Å². The molecule has 19 heavy (non-hydrogen) atoms. The van der Waals surface area contributed by atoms with Crippen molar-refractivity contribution in [2.75, 3.05) is 0 Å². The molecule has 100 valence electrons. The Labute approximate surface area is 121 Å². The van der Waals surface area contributed by atoms with Gasteiger partial charge in [0.05, 0.1) is 9.13 Å². The number of halogens is 4. The molecule has 0 atom stereocenters. The summed E-state index contributed by atoms with van der Waals surface area (Å²) in [7, 11) is 0. The van der Waals surface area contributed by atoms with Crippen LogP contribution in [0.1, 0.15) is 11.3 Å². The quantitative estimate of drug-likeness (QED) is 0.692. The Bertz CT molecular complexity index is 676. The van der Waals surface area contributed by atoms with Crippen LogP contribution in [0.5, 0.6) is 0 Å². The predicted octanol–water partition coefficient (Wildman–Crippen LogP) is 3.77. The van der Waals surface area contributed by atoms with Crippen molar-refractivity contribution in [2.45, 2.75) is 13.1 Å². The monoisotopic (exact) mass is 379 g/mol. The zero-order valence-electron chi connectivity index (χ0n) is 9.83. The Morgan fingerprint density at radius 3 is 2.47 bits per heavy atom. The van der Waals surface area contributed by atoms with Gasteiger partial charge in [-0.15, -0.1) is 0 Å². The van der Waals surface area contributed by atoms with Gasteiger partial charge in [0.25, 0.3) is 5.56 Å². The summed E-state index contributed by atoms with van der Waals surface area (Å²) >= 11 is 1.86. The molecule has 0 N–H and O–H groups in total. The van der Waals surface area contributed by atoms with Crippen molar-refractivity contribution in [3.8, 4) is 5.69 Å². The molecular weight excluding hydrogens is 370 g/mol. The van der Waals surface area contributed by atoms with Gasteiger partial charge in [-0.05, 0) is 59.8 Å². The second-order valence-electron chi connectivity index (χ2n) is 4.01. The fourth-order valence-electron chi connectivity index (χ4n) is 1.75. The van der Waals surface area contributed by atoms with E-state index >= 15 is 0 Å². The second kappa shape index (κ2) is 4.99. The van der Waals surface area contributed by atoms with E-state index in [0.717, 1.165) is 12.1 Å². The molecule has 1 aromatic heterocycles. The number of alkyl halides is 3. The summed E-state index contributed by atoms with van der Waals surface area (Å²) in [6.45, 7) is 1.68. The molecule has 1 heterocycles. The minimum absolute atomic E-state index is 0.218. The first-order valence-electron chi connectivity index (χ1n) is 5.36. The summed E-state index contributed by atoms with van der Waals surface area (Å²) in [5.41, 5.74) is -0.282. The van der Waals surface area contributed by atoms with Crippen molar-refractivity contribution >= 4 is 22.6 Å². The van der Waals surface area contributed by atoms with Gasteiger partial charge in [-0.3, -0.25) is 9.36 Å². The van der Waals surface area contributed by atoms with Gasteiger partial charge in [-0.1, -0.05) is 6.07 Å². The topological polar surface area (TPSA) is 22.0 Å². The third-order valence-electron chi connectivity index (χ3n) is 2.66. The lowest BCUT2D eigenvalue weighted by Crippen LogP contribution is -2.22. The first kappa shape index (κ1) is 14.1. The Kier molecular flexibility index (Phi) is 3.71. The number of hydrogen-bond donors (Lipinski definition) is 0. The highest BCUT2D eigenvalue weighted by Crippen LogP contribution is 2.30. The fraction of sp³-hybridized carbons (Fsp3) is 0.154. The van der Waals surface area contributed by atoms with Crippen LogP contribution in [0.25, 0.3) is 5.69 Å². The highest BCUT2D eigenvalue weighted by molar-refractivity contribution is 14.1. The lowest BCUT2D eigenvalue weighted by molar-refractivity contribution is -0.137. The van der Waals surface area contributed by atoms with Crippen LogP contribution in [0, 0.1) is 10.5 Å². The maximum atomic E-state index is 12.7. The Hall–Kier alpha value is -1.31. The van der Waals surface area contributed by atoms with Crippen LogP contribution in [0.3, 0.4) is 0 Å². The molecule has 0 unspecified atom stereocenters. The van der Waals surface area contributed by atoms with Crippen molar-refractivity contribution in [3.63, 3.8) is 0 Å². The molecule has 0 bridgehead atoms. The second-order valence-corrected chi connectivity index (χ2v) is 5.17. The maximum Gasteiger partial charge on any atom is 0.416 e. The first-order chi connectivity index (χ1) is 8.80. The van der Waals surface area contributed by atoms with E-state index in [1.807, 2.05) is 22.6 Å². The van der Waals surface area contributed by atoms with Crippen LogP contribution in [0.2, 0.25) is 0 Å². The van der Waals surface area contributed by atoms with Gasteiger partial charge in [0.15, 0.2) is 0 Å². The van der Waals surface area contributed by atoms with Crippen LogP contribution < -0.4 is 5.56 Å². The van der Waals surface area contributed by atoms with Crippen molar-refractivity contribution in [1.82, 2.24) is 4.57 Å². The van der Waals surface area contributed by atoms with E-state index in [1.165, 1.54) is 16.7 Å². The van der Waals surface area contributed by atoms with E-state index in [-0.39, 0.29) is 11.2 Å². The van der Waals surface area contributed by atoms with Gasteiger partial charge >= 0.3 is 6.18 Å². The summed E-state index contributed by atoms with van der Waals surface area (Å²) in [5.74, 6) is 0. The van der Waals surface area contributed by atoms with Crippen LogP contribution in [0.4, 0.5) is 13.2 Å².